The minimum atomic E-state index is -3.65. The van der Waals surface area contributed by atoms with Crippen LogP contribution in [0.1, 0.15) is 38.5 Å². The van der Waals surface area contributed by atoms with Gasteiger partial charge in [-0.3, -0.25) is 4.79 Å². The van der Waals surface area contributed by atoms with Gasteiger partial charge in [-0.2, -0.15) is 4.72 Å². The van der Waals surface area contributed by atoms with E-state index in [1.165, 1.54) is 11.3 Å². The minimum Gasteiger partial charge on any atom is -0.341 e. The van der Waals surface area contributed by atoms with Crippen LogP contribution in [-0.4, -0.2) is 38.4 Å². The minimum absolute atomic E-state index is 0.0894. The fourth-order valence-corrected chi connectivity index (χ4v) is 5.17. The Labute approximate surface area is 136 Å². The zero-order chi connectivity index (χ0) is 16.3. The zero-order valence-corrected chi connectivity index (χ0v) is 15.0. The maximum atomic E-state index is 12.6. The third-order valence-corrected chi connectivity index (χ3v) is 7.05. The second-order valence-corrected chi connectivity index (χ2v) is 9.06. The fraction of sp³-hybridized carbons (Fsp3) is 0.667. The topological polar surface area (TPSA) is 66.5 Å². The van der Waals surface area contributed by atoms with E-state index in [1.807, 2.05) is 26.8 Å². The summed E-state index contributed by atoms with van der Waals surface area (Å²) in [6.45, 7) is 7.18. The molecule has 0 bridgehead atoms. The van der Waals surface area contributed by atoms with E-state index in [0.717, 1.165) is 37.2 Å². The third-order valence-electron chi connectivity index (χ3n) is 3.88. The van der Waals surface area contributed by atoms with Crippen LogP contribution in [0.2, 0.25) is 0 Å². The van der Waals surface area contributed by atoms with Gasteiger partial charge in [-0.1, -0.05) is 20.8 Å². The van der Waals surface area contributed by atoms with Gasteiger partial charge >= 0.3 is 0 Å². The number of nitrogens with zero attached hydrogens (tertiary/aromatic N) is 1. The highest BCUT2D eigenvalue weighted by atomic mass is 32.2. The molecular formula is C15H24N2O3S2. The first-order valence-corrected chi connectivity index (χ1v) is 10.0. The number of aryl methyl sites for hydroxylation is 1. The summed E-state index contributed by atoms with van der Waals surface area (Å²) >= 11 is 1.26. The van der Waals surface area contributed by atoms with Gasteiger partial charge in [-0.05, 0) is 37.3 Å². The molecule has 1 saturated heterocycles. The van der Waals surface area contributed by atoms with E-state index in [-0.39, 0.29) is 16.0 Å². The number of nitrogens with one attached hydrogen (secondary N) is 1. The Bertz CT molecular complexity index is 616. The molecule has 1 atom stereocenters. The van der Waals surface area contributed by atoms with E-state index in [4.69, 9.17) is 0 Å². The molecule has 5 nitrogen and oxygen atoms in total. The SMILES string of the molecule is CCc1ccc(S(=O)(=O)N[C@@H](C(=O)N2CCCC2)C(C)C)s1. The smallest absolute Gasteiger partial charge is 0.250 e. The molecule has 0 saturated carbocycles. The second-order valence-electron chi connectivity index (χ2n) is 5.95. The molecule has 1 amide bonds. The lowest BCUT2D eigenvalue weighted by Gasteiger charge is -2.26. The Kier molecular flexibility index (Phi) is 5.63. The van der Waals surface area contributed by atoms with Crippen LogP contribution in [-0.2, 0) is 21.2 Å². The summed E-state index contributed by atoms with van der Waals surface area (Å²) in [6, 6.07) is 2.74. The molecule has 1 aliphatic heterocycles. The van der Waals surface area contributed by atoms with Crippen molar-refractivity contribution in [1.82, 2.24) is 9.62 Å². The quantitative estimate of drug-likeness (QED) is 0.860. The van der Waals surface area contributed by atoms with Gasteiger partial charge < -0.3 is 4.90 Å². The predicted molar refractivity (Wildman–Crippen MR) is 88.5 cm³/mol. The van der Waals surface area contributed by atoms with Crippen molar-refractivity contribution in [2.45, 2.75) is 50.3 Å². The lowest BCUT2D eigenvalue weighted by Crippen LogP contribution is -2.50. The maximum Gasteiger partial charge on any atom is 0.250 e. The number of hydrogen-bond donors (Lipinski definition) is 1. The first-order chi connectivity index (χ1) is 10.3. The van der Waals surface area contributed by atoms with Gasteiger partial charge in [-0.25, -0.2) is 8.42 Å². The predicted octanol–water partition coefficient (Wildman–Crippen LogP) is 2.24. The molecule has 1 aromatic rings. The molecule has 2 heterocycles. The van der Waals surface area contributed by atoms with Crippen LogP contribution in [0.25, 0.3) is 0 Å². The summed E-state index contributed by atoms with van der Waals surface area (Å²) < 4.78 is 27.9. The van der Waals surface area contributed by atoms with Crippen LogP contribution in [0, 0.1) is 5.92 Å². The van der Waals surface area contributed by atoms with Gasteiger partial charge in [0.05, 0.1) is 0 Å². The summed E-state index contributed by atoms with van der Waals surface area (Å²) in [6.07, 6.45) is 2.79. The standard InChI is InChI=1S/C15H24N2O3S2/c1-4-12-7-8-13(21-12)22(19,20)16-14(11(2)3)15(18)17-9-5-6-10-17/h7-8,11,14,16H,4-6,9-10H2,1-3H3/t14-/m1/s1. The summed E-state index contributed by atoms with van der Waals surface area (Å²) in [5, 5.41) is 0. The Morgan fingerprint density at radius 2 is 1.95 bits per heavy atom. The first kappa shape index (κ1) is 17.4. The van der Waals surface area contributed by atoms with Crippen LogP contribution in [0.4, 0.5) is 0 Å². The molecule has 2 rings (SSSR count). The number of likely N-dealkylation sites (tertiary alicyclic amines) is 1. The fourth-order valence-electron chi connectivity index (χ4n) is 2.52. The normalized spacial score (nSPS) is 17.2. The van der Waals surface area contributed by atoms with Crippen molar-refractivity contribution in [3.63, 3.8) is 0 Å². The van der Waals surface area contributed by atoms with E-state index in [2.05, 4.69) is 4.72 Å². The number of rotatable bonds is 6. The van der Waals surface area contributed by atoms with Crippen molar-refractivity contribution in [3.05, 3.63) is 17.0 Å². The van der Waals surface area contributed by atoms with E-state index in [9.17, 15) is 13.2 Å². The van der Waals surface area contributed by atoms with Crippen LogP contribution >= 0.6 is 11.3 Å². The van der Waals surface area contributed by atoms with Gasteiger partial charge in [0, 0.05) is 18.0 Å². The van der Waals surface area contributed by atoms with Crippen molar-refractivity contribution in [2.24, 2.45) is 5.92 Å². The number of amides is 1. The molecule has 0 aliphatic carbocycles. The van der Waals surface area contributed by atoms with E-state index < -0.39 is 16.1 Å². The van der Waals surface area contributed by atoms with Gasteiger partial charge in [0.15, 0.2) is 0 Å². The molecule has 0 aromatic carbocycles. The molecule has 0 spiro atoms. The largest absolute Gasteiger partial charge is 0.341 e. The molecule has 124 valence electrons. The first-order valence-electron chi connectivity index (χ1n) is 7.75. The second kappa shape index (κ2) is 7.10. The molecule has 1 N–H and O–H groups in total. The number of carbonyl (C=O) groups is 1. The summed E-state index contributed by atoms with van der Waals surface area (Å²) in [4.78, 5) is 15.3. The summed E-state index contributed by atoms with van der Waals surface area (Å²) in [7, 11) is -3.65. The number of hydrogen-bond acceptors (Lipinski definition) is 4. The molecule has 0 radical (unpaired) electrons. The molecule has 0 unspecified atom stereocenters. The molecule has 22 heavy (non-hydrogen) atoms. The van der Waals surface area contributed by atoms with Crippen molar-refractivity contribution in [2.75, 3.05) is 13.1 Å². The average molecular weight is 345 g/mol. The monoisotopic (exact) mass is 344 g/mol. The van der Waals surface area contributed by atoms with E-state index in [1.54, 1.807) is 11.0 Å². The van der Waals surface area contributed by atoms with Crippen molar-refractivity contribution in [1.29, 1.82) is 0 Å². The van der Waals surface area contributed by atoms with Gasteiger partial charge in [0.1, 0.15) is 10.3 Å². The summed E-state index contributed by atoms with van der Waals surface area (Å²) in [5.41, 5.74) is 0. The van der Waals surface area contributed by atoms with Crippen molar-refractivity contribution < 1.29 is 13.2 Å². The lowest BCUT2D eigenvalue weighted by atomic mass is 10.0. The van der Waals surface area contributed by atoms with Crippen LogP contribution < -0.4 is 4.72 Å². The van der Waals surface area contributed by atoms with Crippen LogP contribution in [0.3, 0.4) is 0 Å². The van der Waals surface area contributed by atoms with E-state index in [0.29, 0.717) is 0 Å². The summed E-state index contributed by atoms with van der Waals surface area (Å²) in [5.74, 6) is -0.197. The molecule has 7 heteroatoms. The Hall–Kier alpha value is -0.920. The van der Waals surface area contributed by atoms with Gasteiger partial charge in [0.25, 0.3) is 10.0 Å². The lowest BCUT2D eigenvalue weighted by molar-refractivity contribution is -0.132. The zero-order valence-electron chi connectivity index (χ0n) is 13.3. The van der Waals surface area contributed by atoms with Crippen LogP contribution in [0.5, 0.6) is 0 Å². The Morgan fingerprint density at radius 3 is 2.45 bits per heavy atom. The molecule has 1 fully saturated rings. The highest BCUT2D eigenvalue weighted by molar-refractivity contribution is 7.91. The molecule has 1 aromatic heterocycles. The molecular weight excluding hydrogens is 320 g/mol. The van der Waals surface area contributed by atoms with E-state index >= 15 is 0 Å². The highest BCUT2D eigenvalue weighted by Gasteiger charge is 2.33. The van der Waals surface area contributed by atoms with Gasteiger partial charge in [-0.15, -0.1) is 11.3 Å². The maximum absolute atomic E-state index is 12.6. The third kappa shape index (κ3) is 3.88. The Morgan fingerprint density at radius 1 is 1.32 bits per heavy atom. The average Bonchev–Trinajstić information content (AvgIpc) is 3.14. The van der Waals surface area contributed by atoms with Crippen molar-refractivity contribution in [3.8, 4) is 0 Å². The Balaban J connectivity index is 2.17. The number of carbonyl (C=O) groups excluding carboxylic acids is 1. The van der Waals surface area contributed by atoms with Gasteiger partial charge in [0.2, 0.25) is 5.91 Å². The van der Waals surface area contributed by atoms with Crippen molar-refractivity contribution >= 4 is 27.3 Å². The number of thiophene rings is 1. The number of sulfonamides is 1. The highest BCUT2D eigenvalue weighted by Crippen LogP contribution is 2.23. The molecule has 1 aliphatic rings. The van der Waals surface area contributed by atoms with Crippen LogP contribution in [0.15, 0.2) is 16.3 Å².